The van der Waals surface area contributed by atoms with Crippen molar-refractivity contribution in [2.75, 3.05) is 25.5 Å². The molecule has 0 atom stereocenters. The number of carboxylic acid groups (broad SMARTS) is 2. The average Bonchev–Trinajstić information content (AvgIpc) is 3.04. The Morgan fingerprint density at radius 1 is 1.06 bits per heavy atom. The molecule has 2 aromatic rings. The Labute approximate surface area is 198 Å². The van der Waals surface area contributed by atoms with Crippen molar-refractivity contribution in [2.45, 2.75) is 39.2 Å². The van der Waals surface area contributed by atoms with E-state index in [1.807, 2.05) is 13.0 Å². The number of aliphatic carboxylic acids is 2. The fourth-order valence-corrected chi connectivity index (χ4v) is 3.64. The van der Waals surface area contributed by atoms with E-state index in [4.69, 9.17) is 26.7 Å². The smallest absolute Gasteiger partial charge is 0.303 e. The largest absolute Gasteiger partial charge is 0.481 e. The molecular weight excluding hydrogens is 446 g/mol. The van der Waals surface area contributed by atoms with E-state index >= 15 is 0 Å². The van der Waals surface area contributed by atoms with Crippen LogP contribution in [0.1, 0.15) is 42.0 Å². The Morgan fingerprint density at radius 3 is 2.30 bits per heavy atom. The van der Waals surface area contributed by atoms with Crippen LogP contribution < -0.4 is 10.6 Å². The number of benzene rings is 2. The average molecular weight is 476 g/mol. The number of hydrogen-bond acceptors (Lipinski definition) is 6. The Balaban J connectivity index is 0.000000414. The normalized spacial score (nSPS) is 13.1. The molecule has 0 radical (unpaired) electrons. The van der Waals surface area contributed by atoms with E-state index in [0.717, 1.165) is 54.5 Å². The number of fused-ring (bicyclic) bond motifs is 1. The zero-order valence-corrected chi connectivity index (χ0v) is 19.6. The van der Waals surface area contributed by atoms with E-state index in [1.54, 1.807) is 7.11 Å². The molecule has 0 saturated carbocycles. The van der Waals surface area contributed by atoms with Crippen LogP contribution >= 0.6 is 11.6 Å². The van der Waals surface area contributed by atoms with Gasteiger partial charge in [0.2, 0.25) is 0 Å². The molecule has 0 fully saturated rings. The van der Waals surface area contributed by atoms with Crippen molar-refractivity contribution in [2.24, 2.45) is 5.16 Å². The van der Waals surface area contributed by atoms with Gasteiger partial charge in [-0.1, -0.05) is 47.1 Å². The molecule has 0 amide bonds. The second-order valence-electron chi connectivity index (χ2n) is 7.51. The van der Waals surface area contributed by atoms with E-state index in [-0.39, 0.29) is 12.8 Å². The van der Waals surface area contributed by atoms with Gasteiger partial charge in [0, 0.05) is 6.54 Å². The highest BCUT2D eigenvalue weighted by atomic mass is 35.5. The highest BCUT2D eigenvalue weighted by molar-refractivity contribution is 6.33. The maximum atomic E-state index is 9.64. The van der Waals surface area contributed by atoms with Gasteiger partial charge in [-0.25, -0.2) is 0 Å². The van der Waals surface area contributed by atoms with Crippen molar-refractivity contribution in [3.8, 4) is 0 Å². The lowest BCUT2D eigenvalue weighted by Crippen LogP contribution is -2.16. The van der Waals surface area contributed by atoms with Crippen molar-refractivity contribution in [1.82, 2.24) is 5.32 Å². The second-order valence-corrected chi connectivity index (χ2v) is 7.91. The summed E-state index contributed by atoms with van der Waals surface area (Å²) in [6.07, 6.45) is 1.46. The number of nitrogens with one attached hydrogen (secondary N) is 2. The fourth-order valence-electron chi connectivity index (χ4n) is 3.39. The van der Waals surface area contributed by atoms with E-state index in [0.29, 0.717) is 0 Å². The molecule has 4 N–H and O–H groups in total. The summed E-state index contributed by atoms with van der Waals surface area (Å²) in [5, 5.41) is 27.5. The van der Waals surface area contributed by atoms with E-state index in [9.17, 15) is 9.59 Å². The summed E-state index contributed by atoms with van der Waals surface area (Å²) in [5.41, 5.74) is 6.93. The summed E-state index contributed by atoms with van der Waals surface area (Å²) >= 11 is 6.47. The molecule has 0 unspecified atom stereocenters. The molecule has 0 aromatic heterocycles. The molecule has 0 saturated heterocycles. The van der Waals surface area contributed by atoms with Crippen LogP contribution in [-0.2, 0) is 33.8 Å². The summed E-state index contributed by atoms with van der Waals surface area (Å²) in [5.74, 6) is -2.15. The minimum Gasteiger partial charge on any atom is -0.481 e. The first-order valence-electron chi connectivity index (χ1n) is 10.7. The lowest BCUT2D eigenvalue weighted by molar-refractivity contribution is -0.143. The van der Waals surface area contributed by atoms with Gasteiger partial charge in [-0.2, -0.15) is 0 Å². The Bertz CT molecular complexity index is 963. The molecule has 9 heteroatoms. The van der Waals surface area contributed by atoms with Crippen LogP contribution in [-0.4, -0.2) is 48.1 Å². The summed E-state index contributed by atoms with van der Waals surface area (Å²) < 4.78 is 0. The molecule has 0 bridgehead atoms. The van der Waals surface area contributed by atoms with Crippen LogP contribution in [0.25, 0.3) is 0 Å². The SMILES string of the molecule is CON=C(C)c1ccc(CNc2c(Cl)ccc3c2CCNCC3)cc1.O=C(O)CCC(=O)O. The molecule has 1 heterocycles. The number of oxime groups is 1. The van der Waals surface area contributed by atoms with Crippen molar-refractivity contribution in [1.29, 1.82) is 0 Å². The maximum Gasteiger partial charge on any atom is 0.303 e. The monoisotopic (exact) mass is 475 g/mol. The van der Waals surface area contributed by atoms with Crippen LogP contribution in [0.2, 0.25) is 5.02 Å². The fraction of sp³-hybridized carbons (Fsp3) is 0.375. The van der Waals surface area contributed by atoms with Crippen LogP contribution in [0.5, 0.6) is 0 Å². The highest BCUT2D eigenvalue weighted by Crippen LogP contribution is 2.31. The van der Waals surface area contributed by atoms with Crippen molar-refractivity contribution < 1.29 is 24.6 Å². The standard InChI is InChI=1S/C20H24ClN3O.C4H6O4/c1-14(24-25-2)16-5-3-15(4-6-16)13-23-20-18-10-12-22-11-9-17(18)7-8-19(20)21;5-3(6)1-2-4(7)8/h3-8,22-23H,9-13H2,1-2H3;1-2H2,(H,5,6)(H,7,8). The number of carboxylic acids is 2. The van der Waals surface area contributed by atoms with Gasteiger partial charge < -0.3 is 25.7 Å². The molecule has 0 aliphatic carbocycles. The number of hydrogen-bond donors (Lipinski definition) is 4. The van der Waals surface area contributed by atoms with Gasteiger partial charge in [0.1, 0.15) is 7.11 Å². The Hall–Kier alpha value is -3.10. The lowest BCUT2D eigenvalue weighted by Gasteiger charge is -2.16. The van der Waals surface area contributed by atoms with Gasteiger partial charge >= 0.3 is 11.9 Å². The van der Waals surface area contributed by atoms with Gasteiger partial charge in [-0.15, -0.1) is 0 Å². The molecule has 178 valence electrons. The Kier molecular flexibility index (Phi) is 10.7. The third-order valence-corrected chi connectivity index (χ3v) is 5.42. The predicted octanol–water partition coefficient (Wildman–Crippen LogP) is 3.95. The second kappa shape index (κ2) is 13.4. The van der Waals surface area contributed by atoms with Gasteiger partial charge in [-0.3, -0.25) is 9.59 Å². The molecule has 33 heavy (non-hydrogen) atoms. The topological polar surface area (TPSA) is 120 Å². The third-order valence-electron chi connectivity index (χ3n) is 5.10. The number of carbonyl (C=O) groups is 2. The quantitative estimate of drug-likeness (QED) is 0.337. The van der Waals surface area contributed by atoms with Crippen molar-refractivity contribution >= 4 is 34.9 Å². The first-order valence-corrected chi connectivity index (χ1v) is 11.0. The van der Waals surface area contributed by atoms with Gasteiger partial charge in [-0.05, 0) is 61.2 Å². The number of rotatable bonds is 8. The van der Waals surface area contributed by atoms with Crippen molar-refractivity contribution in [3.05, 3.63) is 63.7 Å². The zero-order chi connectivity index (χ0) is 24.2. The molecule has 8 nitrogen and oxygen atoms in total. The molecule has 1 aliphatic heterocycles. The summed E-state index contributed by atoms with van der Waals surface area (Å²) in [4.78, 5) is 24.1. The number of nitrogens with zero attached hydrogens (tertiary/aromatic N) is 1. The number of halogens is 1. The molecule has 1 aliphatic rings. The van der Waals surface area contributed by atoms with Gasteiger partial charge in [0.15, 0.2) is 0 Å². The van der Waals surface area contributed by atoms with E-state index < -0.39 is 11.9 Å². The summed E-state index contributed by atoms with van der Waals surface area (Å²) in [7, 11) is 1.56. The maximum absolute atomic E-state index is 9.64. The summed E-state index contributed by atoms with van der Waals surface area (Å²) in [6, 6.07) is 12.5. The Morgan fingerprint density at radius 2 is 1.70 bits per heavy atom. The summed E-state index contributed by atoms with van der Waals surface area (Å²) in [6.45, 7) is 4.70. The van der Waals surface area contributed by atoms with Crippen molar-refractivity contribution in [3.63, 3.8) is 0 Å². The third kappa shape index (κ3) is 8.75. The van der Waals surface area contributed by atoms with E-state index in [2.05, 4.69) is 46.1 Å². The van der Waals surface area contributed by atoms with Gasteiger partial charge in [0.05, 0.1) is 29.3 Å². The minimum atomic E-state index is -1.08. The minimum absolute atomic E-state index is 0.296. The van der Waals surface area contributed by atoms with Crippen LogP contribution in [0.3, 0.4) is 0 Å². The predicted molar refractivity (Wildman–Crippen MR) is 129 cm³/mol. The molecule has 2 aromatic carbocycles. The molecular formula is C24H30ClN3O5. The molecule has 0 spiro atoms. The van der Waals surface area contributed by atoms with Crippen LogP contribution in [0.15, 0.2) is 41.6 Å². The van der Waals surface area contributed by atoms with Gasteiger partial charge in [0.25, 0.3) is 0 Å². The first-order chi connectivity index (χ1) is 15.8. The highest BCUT2D eigenvalue weighted by Gasteiger charge is 2.14. The van der Waals surface area contributed by atoms with Crippen LogP contribution in [0, 0.1) is 0 Å². The first kappa shape index (κ1) is 26.2. The van der Waals surface area contributed by atoms with E-state index in [1.165, 1.54) is 16.7 Å². The lowest BCUT2D eigenvalue weighted by atomic mass is 10.0. The molecule has 3 rings (SSSR count). The zero-order valence-electron chi connectivity index (χ0n) is 18.9. The van der Waals surface area contributed by atoms with Crippen LogP contribution in [0.4, 0.5) is 5.69 Å². The number of anilines is 1.